The second-order valence-electron chi connectivity index (χ2n) is 27.5. The summed E-state index contributed by atoms with van der Waals surface area (Å²) in [7, 11) is -10.4. The first kappa shape index (κ1) is 102. The molecule has 0 amide bonds. The predicted octanol–water partition coefficient (Wildman–Crippen LogP) is 12.4. The third-order valence-electron chi connectivity index (χ3n) is 18.2. The minimum Gasteiger partial charge on any atom is -0.756 e. The van der Waals surface area contributed by atoms with Crippen LogP contribution >= 0.6 is 27.2 Å². The van der Waals surface area contributed by atoms with Crippen molar-refractivity contribution < 1.29 is 154 Å². The van der Waals surface area contributed by atoms with Crippen LogP contribution in [0.25, 0.3) is 0 Å². The van der Waals surface area contributed by atoms with Gasteiger partial charge in [0.2, 0.25) is 0 Å². The molecule has 1 fully saturated rings. The van der Waals surface area contributed by atoms with Crippen molar-refractivity contribution in [3.63, 3.8) is 0 Å². The van der Waals surface area contributed by atoms with E-state index in [2.05, 4.69) is 32.6 Å². The number of ether oxygens (including phenoxy) is 4. The summed E-state index contributed by atoms with van der Waals surface area (Å²) in [6, 6.07) is 13.1. The minimum absolute atomic E-state index is 0. The summed E-state index contributed by atoms with van der Waals surface area (Å²) >= 11 is 5.92. The number of ketones is 1. The number of piperidine rings is 1. The molecule has 1 saturated heterocycles. The molecule has 1 aliphatic heterocycles. The van der Waals surface area contributed by atoms with Crippen LogP contribution in [0, 0.1) is 5.82 Å². The maximum absolute atomic E-state index is 12.9. The zero-order valence-electron chi connectivity index (χ0n) is 64.8. The third kappa shape index (κ3) is 56.5. The number of esters is 4. The van der Waals surface area contributed by atoms with Crippen molar-refractivity contribution in [2.24, 2.45) is 0 Å². The summed E-state index contributed by atoms with van der Waals surface area (Å²) in [4.78, 5) is 90.6. The Hall–Kier alpha value is -1.69. The number of aliphatic hydroxyl groups is 2. The number of hydrogen-bond donors (Lipinski definition) is 2. The van der Waals surface area contributed by atoms with Crippen molar-refractivity contribution in [1.29, 1.82) is 0 Å². The average molecular weight is 1550 g/mol. The van der Waals surface area contributed by atoms with Crippen LogP contribution in [0.1, 0.15) is 326 Å². The van der Waals surface area contributed by atoms with Gasteiger partial charge in [0.15, 0.2) is 18.0 Å². The Balaban J connectivity index is 0.00000313. The molecular formula is C78H131ClFNNa2O19P2. The fourth-order valence-corrected chi connectivity index (χ4v) is 13.5. The van der Waals surface area contributed by atoms with Gasteiger partial charge in [-0.2, -0.15) is 0 Å². The number of rotatable bonds is 64. The van der Waals surface area contributed by atoms with E-state index in [-0.39, 0.29) is 96.4 Å². The van der Waals surface area contributed by atoms with Crippen LogP contribution in [0.4, 0.5) is 4.39 Å². The molecule has 4 unspecified atom stereocenters. The molecule has 0 aliphatic carbocycles. The number of unbranched alkanes of at least 4 members (excludes halogenated alkanes) is 32. The van der Waals surface area contributed by atoms with Crippen LogP contribution in [0.2, 0.25) is 5.02 Å². The first-order valence-corrected chi connectivity index (χ1v) is 42.5. The molecule has 2 N–H and O–H groups in total. The molecule has 2 aromatic carbocycles. The van der Waals surface area contributed by atoms with Gasteiger partial charge in [0.1, 0.15) is 25.1 Å². The molecule has 0 saturated carbocycles. The maximum atomic E-state index is 12.9. The first-order chi connectivity index (χ1) is 49.1. The van der Waals surface area contributed by atoms with Crippen molar-refractivity contribution in [1.82, 2.24) is 4.90 Å². The SMILES string of the molecule is CCCCCCCCCCCC(=O)OCC(COP(=O)([O-])OCC(O)COP(=O)([O-])OCC(COC(=O)CCCCCCCCCCC)OC(=O)CCCCCCCCCCC)OC(=O)CCCCCCCCCCC.O=C(CCCN1CCC(O)(c2ccc(Cl)cc2)CC1)c1ccc(F)cc1.[Na+].[Na+]. The molecule has 1 heterocycles. The number of aliphatic hydroxyl groups excluding tert-OH is 1. The van der Waals surface area contributed by atoms with Crippen LogP contribution in [-0.4, -0.2) is 122 Å². The minimum atomic E-state index is -5.20. The Morgan fingerprint density at radius 3 is 1.10 bits per heavy atom. The van der Waals surface area contributed by atoms with Crippen LogP contribution < -0.4 is 68.9 Å². The number of likely N-dealkylation sites (tertiary alicyclic amines) is 1. The number of carbonyl (C=O) groups excluding carboxylic acids is 5. The monoisotopic (exact) mass is 1550 g/mol. The van der Waals surface area contributed by atoms with Crippen molar-refractivity contribution >= 4 is 56.9 Å². The van der Waals surface area contributed by atoms with Crippen molar-refractivity contribution in [3.8, 4) is 0 Å². The second kappa shape index (κ2) is 66.0. The summed E-state index contributed by atoms with van der Waals surface area (Å²) in [5.41, 5.74) is 0.667. The molecule has 0 radical (unpaired) electrons. The Kier molecular flexibility index (Phi) is 64.9. The zero-order chi connectivity index (χ0) is 74.8. The Morgan fingerprint density at radius 2 is 0.760 bits per heavy atom. The maximum Gasteiger partial charge on any atom is 1.00 e. The molecule has 20 nitrogen and oxygen atoms in total. The van der Waals surface area contributed by atoms with Gasteiger partial charge in [-0.25, -0.2) is 4.39 Å². The van der Waals surface area contributed by atoms with Gasteiger partial charge in [-0.15, -0.1) is 0 Å². The number of benzene rings is 2. The van der Waals surface area contributed by atoms with Crippen LogP contribution in [-0.2, 0) is 71.0 Å². The normalized spacial score (nSPS) is 14.8. The van der Waals surface area contributed by atoms with Crippen molar-refractivity contribution in [2.45, 2.75) is 334 Å². The number of carbonyl (C=O) groups is 5. The average Bonchev–Trinajstić information content (AvgIpc) is 0.811. The molecule has 3 rings (SSSR count). The largest absolute Gasteiger partial charge is 1.00 e. The van der Waals surface area contributed by atoms with Crippen LogP contribution in [0.15, 0.2) is 48.5 Å². The molecule has 0 spiro atoms. The summed E-state index contributed by atoms with van der Waals surface area (Å²) in [6.45, 7) is 6.78. The molecule has 1 aliphatic rings. The van der Waals surface area contributed by atoms with Gasteiger partial charge in [-0.3, -0.25) is 33.1 Å². The van der Waals surface area contributed by atoms with E-state index in [1.54, 1.807) is 0 Å². The smallest absolute Gasteiger partial charge is 0.756 e. The Morgan fingerprint density at radius 1 is 0.452 bits per heavy atom. The second-order valence-corrected chi connectivity index (χ2v) is 30.8. The summed E-state index contributed by atoms with van der Waals surface area (Å²) in [5, 5.41) is 22.0. The van der Waals surface area contributed by atoms with Gasteiger partial charge in [0, 0.05) is 55.8 Å². The standard InChI is InChI=1S/C57H110O17P2.C21H23ClFNO2.2Na/c1-5-9-13-17-21-25-29-33-37-41-54(59)67-47-52(73-56(61)43-39-35-31-27-23-19-15-11-7-3)49-71-75(63,64)69-45-51(58)46-70-76(65,66)72-50-53(74-57(62)44-40-36-32-28-24-20-16-12-8-4)48-68-55(60)42-38-34-30-26-22-18-14-10-6-2;22-18-7-5-17(6-8-18)21(26)11-14-24(15-12-21)13-1-2-20(25)16-3-9-19(23)10-4-16;;/h51-53,58H,5-50H2,1-4H3,(H,63,64)(H,65,66);3-10,26H,1-2,11-15H2;;/q;;2*+1/p-2. The number of phosphoric ester groups is 2. The van der Waals surface area contributed by atoms with E-state index in [1.807, 2.05) is 24.3 Å². The van der Waals surface area contributed by atoms with E-state index in [1.165, 1.54) is 127 Å². The topological polar surface area (TPSA) is 283 Å². The summed E-state index contributed by atoms with van der Waals surface area (Å²) in [5.74, 6) is -2.53. The number of hydrogen-bond acceptors (Lipinski definition) is 20. The van der Waals surface area contributed by atoms with E-state index in [0.717, 1.165) is 134 Å². The molecule has 4 atom stereocenters. The van der Waals surface area contributed by atoms with Crippen LogP contribution in [0.5, 0.6) is 0 Å². The summed E-state index contributed by atoms with van der Waals surface area (Å²) < 4.78 is 79.6. The molecular weight excluding hydrogens is 1420 g/mol. The third-order valence-corrected chi connectivity index (χ3v) is 20.3. The molecule has 104 heavy (non-hydrogen) atoms. The van der Waals surface area contributed by atoms with Gasteiger partial charge in [-0.1, -0.05) is 257 Å². The van der Waals surface area contributed by atoms with Crippen molar-refractivity contribution in [3.05, 3.63) is 70.5 Å². The Bertz CT molecular complexity index is 2470. The molecule has 0 bridgehead atoms. The summed E-state index contributed by atoms with van der Waals surface area (Å²) in [6.07, 6.45) is 36.8. The molecule has 0 aromatic heterocycles. The number of halogens is 2. The van der Waals surface area contributed by atoms with Gasteiger partial charge in [0.25, 0.3) is 15.6 Å². The van der Waals surface area contributed by atoms with E-state index in [0.29, 0.717) is 55.5 Å². The fraction of sp³-hybridized carbons (Fsp3) is 0.782. The zero-order valence-corrected chi connectivity index (χ0v) is 71.3. The van der Waals surface area contributed by atoms with Gasteiger partial charge in [-0.05, 0) is 93.5 Å². The number of nitrogens with zero attached hydrogens (tertiary/aromatic N) is 1. The quantitative estimate of drug-likeness (QED) is 0.0155. The number of Topliss-reactive ketones (excluding diaryl/α,β-unsaturated/α-hetero) is 1. The van der Waals surface area contributed by atoms with Crippen LogP contribution in [0.3, 0.4) is 0 Å². The molecule has 2 aromatic rings. The van der Waals surface area contributed by atoms with E-state index < -0.39 is 103 Å². The predicted molar refractivity (Wildman–Crippen MR) is 395 cm³/mol. The molecule has 588 valence electrons. The van der Waals surface area contributed by atoms with Gasteiger partial charge >= 0.3 is 83.0 Å². The number of phosphoric acid groups is 2. The fourth-order valence-electron chi connectivity index (χ4n) is 11.8. The van der Waals surface area contributed by atoms with E-state index >= 15 is 0 Å². The first-order valence-electron chi connectivity index (χ1n) is 39.2. The van der Waals surface area contributed by atoms with Crippen molar-refractivity contribution in [2.75, 3.05) is 59.3 Å². The Labute approximate surface area is 674 Å². The molecule has 26 heteroatoms. The van der Waals surface area contributed by atoms with Gasteiger partial charge < -0.3 is 61.9 Å². The van der Waals surface area contributed by atoms with E-state index in [9.17, 15) is 57.5 Å². The van der Waals surface area contributed by atoms with Gasteiger partial charge in [0.05, 0.1) is 32.0 Å². The van der Waals surface area contributed by atoms with E-state index in [4.69, 9.17) is 48.6 Å².